The highest BCUT2D eigenvalue weighted by Crippen LogP contribution is 2.15. The molecule has 2 aromatic rings. The lowest BCUT2D eigenvalue weighted by Gasteiger charge is -2.17. The Hall–Kier alpha value is -2.82. The molecular formula is C19H21NO4. The predicted octanol–water partition coefficient (Wildman–Crippen LogP) is 3.20. The van der Waals surface area contributed by atoms with Crippen molar-refractivity contribution in [2.75, 3.05) is 13.6 Å². The summed E-state index contributed by atoms with van der Waals surface area (Å²) in [6.07, 6.45) is 0.500. The Bertz CT molecular complexity index is 668. The molecule has 2 rings (SSSR count). The fourth-order valence-electron chi connectivity index (χ4n) is 2.22. The van der Waals surface area contributed by atoms with E-state index in [1.807, 2.05) is 30.3 Å². The van der Waals surface area contributed by atoms with E-state index in [-0.39, 0.29) is 12.3 Å². The van der Waals surface area contributed by atoms with Gasteiger partial charge in [0.1, 0.15) is 12.4 Å². The third-order valence-electron chi connectivity index (χ3n) is 3.58. The lowest BCUT2D eigenvalue weighted by molar-refractivity contribution is -0.137. The summed E-state index contributed by atoms with van der Waals surface area (Å²) in [5.74, 6) is -0.283. The summed E-state index contributed by atoms with van der Waals surface area (Å²) in [7, 11) is 1.67. The van der Waals surface area contributed by atoms with Crippen LogP contribution in [0, 0.1) is 0 Å². The Morgan fingerprint density at radius 2 is 1.71 bits per heavy atom. The standard InChI is InChI=1S/C19H21NO4/c1-20(13-5-8-18(21)22)19(23)16-9-11-17(12-10-16)24-14-15-6-3-2-4-7-15/h2-4,6-7,9-12H,5,8,13-14H2,1H3,(H,21,22). The third kappa shape index (κ3) is 5.43. The number of hydrogen-bond acceptors (Lipinski definition) is 3. The summed E-state index contributed by atoms with van der Waals surface area (Å²) in [6, 6.07) is 16.8. The number of carboxylic acid groups (broad SMARTS) is 1. The molecule has 0 fully saturated rings. The smallest absolute Gasteiger partial charge is 0.303 e. The minimum Gasteiger partial charge on any atom is -0.489 e. The highest BCUT2D eigenvalue weighted by atomic mass is 16.5. The van der Waals surface area contributed by atoms with E-state index >= 15 is 0 Å². The van der Waals surface area contributed by atoms with Crippen LogP contribution in [0.3, 0.4) is 0 Å². The van der Waals surface area contributed by atoms with E-state index in [0.717, 1.165) is 5.56 Å². The number of aliphatic carboxylic acids is 1. The molecular weight excluding hydrogens is 306 g/mol. The number of amides is 1. The maximum Gasteiger partial charge on any atom is 0.303 e. The average Bonchev–Trinajstić information content (AvgIpc) is 2.60. The highest BCUT2D eigenvalue weighted by molar-refractivity contribution is 5.94. The van der Waals surface area contributed by atoms with Crippen LogP contribution in [0.4, 0.5) is 0 Å². The SMILES string of the molecule is CN(CCCC(=O)O)C(=O)c1ccc(OCc2ccccc2)cc1. The molecule has 5 nitrogen and oxygen atoms in total. The quantitative estimate of drug-likeness (QED) is 0.808. The second-order valence-electron chi connectivity index (χ2n) is 5.52. The number of carboxylic acids is 1. The van der Waals surface area contributed by atoms with Gasteiger partial charge < -0.3 is 14.7 Å². The van der Waals surface area contributed by atoms with Crippen molar-refractivity contribution in [3.63, 3.8) is 0 Å². The fourth-order valence-corrected chi connectivity index (χ4v) is 2.22. The number of nitrogens with zero attached hydrogens (tertiary/aromatic N) is 1. The molecule has 0 aliphatic rings. The Balaban J connectivity index is 1.86. The Morgan fingerprint density at radius 1 is 1.04 bits per heavy atom. The normalized spacial score (nSPS) is 10.2. The van der Waals surface area contributed by atoms with Gasteiger partial charge in [-0.3, -0.25) is 9.59 Å². The van der Waals surface area contributed by atoms with E-state index in [2.05, 4.69) is 0 Å². The van der Waals surface area contributed by atoms with Crippen molar-refractivity contribution in [2.24, 2.45) is 0 Å². The first kappa shape index (κ1) is 17.5. The van der Waals surface area contributed by atoms with E-state index in [9.17, 15) is 9.59 Å². The van der Waals surface area contributed by atoms with Gasteiger partial charge in [0.05, 0.1) is 0 Å². The zero-order valence-electron chi connectivity index (χ0n) is 13.6. The summed E-state index contributed by atoms with van der Waals surface area (Å²) in [4.78, 5) is 24.3. The molecule has 126 valence electrons. The van der Waals surface area contributed by atoms with Crippen molar-refractivity contribution in [2.45, 2.75) is 19.4 Å². The number of ether oxygens (including phenoxy) is 1. The van der Waals surface area contributed by atoms with Crippen LogP contribution in [0.5, 0.6) is 5.75 Å². The van der Waals surface area contributed by atoms with Gasteiger partial charge in [0, 0.05) is 25.6 Å². The van der Waals surface area contributed by atoms with Crippen LogP contribution in [0.1, 0.15) is 28.8 Å². The summed E-state index contributed by atoms with van der Waals surface area (Å²) < 4.78 is 5.69. The minimum absolute atomic E-state index is 0.0594. The molecule has 24 heavy (non-hydrogen) atoms. The molecule has 2 aromatic carbocycles. The van der Waals surface area contributed by atoms with E-state index in [1.54, 1.807) is 31.3 Å². The van der Waals surface area contributed by atoms with Gasteiger partial charge in [-0.15, -0.1) is 0 Å². The second-order valence-corrected chi connectivity index (χ2v) is 5.52. The van der Waals surface area contributed by atoms with Crippen molar-refractivity contribution in [3.05, 3.63) is 65.7 Å². The van der Waals surface area contributed by atoms with Gasteiger partial charge >= 0.3 is 5.97 Å². The molecule has 0 saturated heterocycles. The van der Waals surface area contributed by atoms with Gasteiger partial charge in [-0.1, -0.05) is 30.3 Å². The number of rotatable bonds is 8. The summed E-state index contributed by atoms with van der Waals surface area (Å²) in [5.41, 5.74) is 1.63. The monoisotopic (exact) mass is 327 g/mol. The van der Waals surface area contributed by atoms with Crippen LogP contribution < -0.4 is 4.74 Å². The van der Waals surface area contributed by atoms with Crippen molar-refractivity contribution >= 4 is 11.9 Å². The highest BCUT2D eigenvalue weighted by Gasteiger charge is 2.12. The third-order valence-corrected chi connectivity index (χ3v) is 3.58. The van der Waals surface area contributed by atoms with Crippen molar-refractivity contribution in [1.29, 1.82) is 0 Å². The number of carbonyl (C=O) groups is 2. The second kappa shape index (κ2) is 8.72. The van der Waals surface area contributed by atoms with Gasteiger partial charge in [-0.2, -0.15) is 0 Å². The first-order chi connectivity index (χ1) is 11.6. The first-order valence-electron chi connectivity index (χ1n) is 7.80. The van der Waals surface area contributed by atoms with Crippen LogP contribution >= 0.6 is 0 Å². The minimum atomic E-state index is -0.851. The molecule has 0 heterocycles. The van der Waals surface area contributed by atoms with Crippen LogP contribution in [0.2, 0.25) is 0 Å². The molecule has 0 spiro atoms. The maximum absolute atomic E-state index is 12.2. The predicted molar refractivity (Wildman–Crippen MR) is 91.0 cm³/mol. The van der Waals surface area contributed by atoms with Gasteiger partial charge in [0.25, 0.3) is 5.91 Å². The van der Waals surface area contributed by atoms with Gasteiger partial charge in [0.15, 0.2) is 0 Å². The lowest BCUT2D eigenvalue weighted by atomic mass is 10.2. The maximum atomic E-state index is 12.2. The van der Waals surface area contributed by atoms with E-state index in [1.165, 1.54) is 4.90 Å². The molecule has 0 aliphatic heterocycles. The molecule has 0 aromatic heterocycles. The summed E-state index contributed by atoms with van der Waals surface area (Å²) in [5, 5.41) is 8.63. The van der Waals surface area contributed by atoms with Gasteiger partial charge in [0.2, 0.25) is 0 Å². The molecule has 5 heteroatoms. The van der Waals surface area contributed by atoms with E-state index < -0.39 is 5.97 Å². The van der Waals surface area contributed by atoms with Crippen LogP contribution in [0.25, 0.3) is 0 Å². The largest absolute Gasteiger partial charge is 0.489 e. The number of benzene rings is 2. The molecule has 0 aliphatic carbocycles. The van der Waals surface area contributed by atoms with Crippen LogP contribution in [-0.2, 0) is 11.4 Å². The van der Waals surface area contributed by atoms with Gasteiger partial charge in [-0.05, 0) is 36.2 Å². The summed E-state index contributed by atoms with van der Waals surface area (Å²) in [6.45, 7) is 0.890. The lowest BCUT2D eigenvalue weighted by Crippen LogP contribution is -2.28. The molecule has 0 unspecified atom stereocenters. The van der Waals surface area contributed by atoms with Crippen molar-refractivity contribution in [1.82, 2.24) is 4.90 Å². The molecule has 1 amide bonds. The first-order valence-corrected chi connectivity index (χ1v) is 7.80. The fraction of sp³-hybridized carbons (Fsp3) is 0.263. The molecule has 0 radical (unpaired) electrons. The van der Waals surface area contributed by atoms with Crippen LogP contribution in [0.15, 0.2) is 54.6 Å². The average molecular weight is 327 g/mol. The summed E-state index contributed by atoms with van der Waals surface area (Å²) >= 11 is 0. The van der Waals surface area contributed by atoms with Gasteiger partial charge in [-0.25, -0.2) is 0 Å². The number of carbonyl (C=O) groups excluding carboxylic acids is 1. The number of hydrogen-bond donors (Lipinski definition) is 1. The van der Waals surface area contributed by atoms with Crippen molar-refractivity contribution < 1.29 is 19.4 Å². The van der Waals surface area contributed by atoms with Crippen molar-refractivity contribution in [3.8, 4) is 5.75 Å². The molecule has 0 bridgehead atoms. The Morgan fingerprint density at radius 3 is 2.33 bits per heavy atom. The molecule has 0 atom stereocenters. The topological polar surface area (TPSA) is 66.8 Å². The molecule has 0 saturated carbocycles. The Kier molecular flexibility index (Phi) is 6.37. The van der Waals surface area contributed by atoms with E-state index in [4.69, 9.17) is 9.84 Å². The Labute approximate surface area is 141 Å². The zero-order valence-corrected chi connectivity index (χ0v) is 13.6. The van der Waals surface area contributed by atoms with E-state index in [0.29, 0.717) is 30.9 Å². The molecule has 1 N–H and O–H groups in total. The van der Waals surface area contributed by atoms with Crippen LogP contribution in [-0.4, -0.2) is 35.5 Å². The zero-order chi connectivity index (χ0) is 17.4.